The molecule has 0 spiro atoms. The number of aryl methyl sites for hydroxylation is 1. The highest BCUT2D eigenvalue weighted by atomic mass is 19.1. The first-order valence-electron chi connectivity index (χ1n) is 12.8. The third kappa shape index (κ3) is 5.50. The second-order valence-corrected chi connectivity index (χ2v) is 10.7. The number of hydrogen-bond acceptors (Lipinski definition) is 1. The van der Waals surface area contributed by atoms with Crippen LogP contribution in [0, 0.1) is 30.5 Å². The number of fused-ring (bicyclic) bond motifs is 1. The van der Waals surface area contributed by atoms with Gasteiger partial charge < -0.3 is 0 Å². The van der Waals surface area contributed by atoms with Gasteiger partial charge in [-0.1, -0.05) is 80.5 Å². The van der Waals surface area contributed by atoms with Crippen molar-refractivity contribution in [1.82, 2.24) is 4.98 Å². The summed E-state index contributed by atoms with van der Waals surface area (Å²) >= 11 is 0. The molecule has 0 saturated heterocycles. The summed E-state index contributed by atoms with van der Waals surface area (Å²) in [4.78, 5) is 4.64. The largest absolute Gasteiger partial charge is 0.256 e. The minimum absolute atomic E-state index is 0.152. The summed E-state index contributed by atoms with van der Waals surface area (Å²) in [5.41, 5.74) is 3.45. The summed E-state index contributed by atoms with van der Waals surface area (Å²) in [6.45, 7) is 20.7. The molecule has 1 aromatic heterocycles. The van der Waals surface area contributed by atoms with Gasteiger partial charge in [-0.2, -0.15) is 0 Å². The van der Waals surface area contributed by atoms with Gasteiger partial charge in [0.15, 0.2) is 0 Å². The third-order valence-electron chi connectivity index (χ3n) is 6.16. The van der Waals surface area contributed by atoms with Crippen LogP contribution in [0.1, 0.15) is 92.0 Å². The maximum absolute atomic E-state index is 15.2. The quantitative estimate of drug-likeness (QED) is 0.409. The van der Waals surface area contributed by atoms with Crippen LogP contribution in [-0.4, -0.2) is 4.98 Å². The van der Waals surface area contributed by atoms with Crippen LogP contribution in [0.15, 0.2) is 48.0 Å². The van der Waals surface area contributed by atoms with Gasteiger partial charge in [-0.05, 0) is 66.4 Å². The number of benzene rings is 1. The lowest BCUT2D eigenvalue weighted by molar-refractivity contribution is 0.522. The normalized spacial score (nSPS) is 18.4. The van der Waals surface area contributed by atoms with Crippen LogP contribution in [0.2, 0.25) is 0 Å². The lowest BCUT2D eigenvalue weighted by Gasteiger charge is -2.40. The molecule has 4 rings (SSSR count). The molecule has 0 bridgehead atoms. The SMILES string of the molecule is CC.CC(C)C.Cc1cc2c3c(nccc3c1F)C1=C(C(F)=CCC1CC=CC(C)C)C2(C)C. The van der Waals surface area contributed by atoms with Crippen LogP contribution in [0.3, 0.4) is 0 Å². The van der Waals surface area contributed by atoms with E-state index in [4.69, 9.17) is 0 Å². The highest BCUT2D eigenvalue weighted by Crippen LogP contribution is 2.54. The predicted octanol–water partition coefficient (Wildman–Crippen LogP) is 9.89. The number of aromatic nitrogens is 1. The zero-order valence-electron chi connectivity index (χ0n) is 22.8. The Balaban J connectivity index is 0.000000618. The number of halogens is 2. The molecule has 1 unspecified atom stereocenters. The fraction of sp³-hybridized carbons (Fsp3) is 0.516. The van der Waals surface area contributed by atoms with Crippen LogP contribution >= 0.6 is 0 Å². The second kappa shape index (κ2) is 11.4. The van der Waals surface area contributed by atoms with Crippen molar-refractivity contribution in [2.24, 2.45) is 17.8 Å². The first-order valence-corrected chi connectivity index (χ1v) is 12.8. The molecule has 1 heterocycles. The van der Waals surface area contributed by atoms with E-state index in [-0.39, 0.29) is 17.6 Å². The van der Waals surface area contributed by atoms with E-state index in [2.05, 4.69) is 51.8 Å². The van der Waals surface area contributed by atoms with Gasteiger partial charge in [-0.25, -0.2) is 8.78 Å². The summed E-state index contributed by atoms with van der Waals surface area (Å²) in [5, 5.41) is 1.44. The molecule has 34 heavy (non-hydrogen) atoms. The van der Waals surface area contributed by atoms with E-state index in [9.17, 15) is 4.39 Å². The van der Waals surface area contributed by atoms with Crippen molar-refractivity contribution in [2.45, 2.75) is 87.5 Å². The van der Waals surface area contributed by atoms with E-state index in [0.717, 1.165) is 40.1 Å². The Hall–Kier alpha value is -2.29. The molecule has 1 nitrogen and oxygen atoms in total. The Bertz CT molecular complexity index is 1100. The van der Waals surface area contributed by atoms with Crippen LogP contribution in [0.25, 0.3) is 16.3 Å². The minimum atomic E-state index is -0.539. The van der Waals surface area contributed by atoms with Crippen LogP contribution in [0.4, 0.5) is 8.78 Å². The van der Waals surface area contributed by atoms with E-state index in [1.165, 1.54) is 0 Å². The van der Waals surface area contributed by atoms with Crippen molar-refractivity contribution in [2.75, 3.05) is 0 Å². The molecule has 0 aliphatic heterocycles. The van der Waals surface area contributed by atoms with Gasteiger partial charge in [0.2, 0.25) is 0 Å². The van der Waals surface area contributed by atoms with Gasteiger partial charge in [-0.3, -0.25) is 4.98 Å². The Morgan fingerprint density at radius 2 is 1.74 bits per heavy atom. The maximum atomic E-state index is 15.2. The smallest absolute Gasteiger partial charge is 0.134 e. The van der Waals surface area contributed by atoms with Gasteiger partial charge in [0, 0.05) is 28.0 Å². The molecule has 2 aromatic rings. The van der Waals surface area contributed by atoms with Crippen molar-refractivity contribution in [3.05, 3.63) is 70.6 Å². The van der Waals surface area contributed by atoms with E-state index in [1.54, 1.807) is 25.3 Å². The first kappa shape index (κ1) is 28.0. The van der Waals surface area contributed by atoms with Gasteiger partial charge in [0.25, 0.3) is 0 Å². The summed E-state index contributed by atoms with van der Waals surface area (Å²) in [6.07, 6.45) is 9.23. The lowest BCUT2D eigenvalue weighted by atomic mass is 9.64. The zero-order chi connectivity index (χ0) is 25.8. The van der Waals surface area contributed by atoms with Crippen molar-refractivity contribution in [3.63, 3.8) is 0 Å². The molecule has 2 aliphatic carbocycles. The Morgan fingerprint density at radius 1 is 1.12 bits per heavy atom. The van der Waals surface area contributed by atoms with E-state index in [0.29, 0.717) is 23.3 Å². The summed E-state index contributed by atoms with van der Waals surface area (Å²) in [6, 6.07) is 3.62. The molecule has 0 fully saturated rings. The molecule has 1 atom stereocenters. The van der Waals surface area contributed by atoms with Gasteiger partial charge in [0.1, 0.15) is 11.6 Å². The molecule has 2 aliphatic rings. The van der Waals surface area contributed by atoms with E-state index < -0.39 is 5.41 Å². The Labute approximate surface area is 206 Å². The number of hydrogen-bond donors (Lipinski definition) is 0. The standard InChI is InChI=1S/C25H27F2N.C4H10.C2H6/c1-14(2)7-6-8-16-9-10-19(26)22-20(16)24-21-17(11-12-28-24)23(27)15(3)13-18(21)25(22,4)5;1-4(2)3;1-2/h6-7,10-14,16H,8-9H2,1-5H3;4H,1-3H3;1-2H3. The van der Waals surface area contributed by atoms with Crippen LogP contribution < -0.4 is 0 Å². The third-order valence-corrected chi connectivity index (χ3v) is 6.16. The van der Waals surface area contributed by atoms with Gasteiger partial charge >= 0.3 is 0 Å². The molecule has 1 aromatic carbocycles. The Kier molecular flexibility index (Phi) is 9.39. The number of allylic oxidation sites excluding steroid dienone is 6. The van der Waals surface area contributed by atoms with Crippen molar-refractivity contribution in [1.29, 1.82) is 0 Å². The summed E-state index contributed by atoms with van der Waals surface area (Å²) < 4.78 is 30.1. The first-order chi connectivity index (χ1) is 16.0. The van der Waals surface area contributed by atoms with Crippen LogP contribution in [0.5, 0.6) is 0 Å². The highest BCUT2D eigenvalue weighted by molar-refractivity contribution is 6.01. The minimum Gasteiger partial charge on any atom is -0.256 e. The number of rotatable bonds is 3. The fourth-order valence-corrected chi connectivity index (χ4v) is 4.79. The average Bonchev–Trinajstić information content (AvgIpc) is 2.76. The topological polar surface area (TPSA) is 12.9 Å². The average molecular weight is 468 g/mol. The molecular formula is C31H43F2N. The van der Waals surface area contributed by atoms with Gasteiger partial charge in [-0.15, -0.1) is 0 Å². The van der Waals surface area contributed by atoms with Crippen molar-refractivity contribution in [3.8, 4) is 0 Å². The predicted molar refractivity (Wildman–Crippen MR) is 144 cm³/mol. The molecular weight excluding hydrogens is 424 g/mol. The molecule has 0 N–H and O–H groups in total. The number of pyridine rings is 1. The molecule has 0 saturated carbocycles. The van der Waals surface area contributed by atoms with E-state index >= 15 is 4.39 Å². The van der Waals surface area contributed by atoms with E-state index in [1.807, 2.05) is 33.8 Å². The zero-order valence-corrected chi connectivity index (χ0v) is 22.8. The van der Waals surface area contributed by atoms with Crippen molar-refractivity contribution < 1.29 is 8.78 Å². The fourth-order valence-electron chi connectivity index (χ4n) is 4.79. The molecule has 0 radical (unpaired) electrons. The summed E-state index contributed by atoms with van der Waals surface area (Å²) in [5.74, 6) is 1.10. The molecule has 186 valence electrons. The van der Waals surface area contributed by atoms with Crippen LogP contribution in [-0.2, 0) is 5.41 Å². The molecule has 0 amide bonds. The summed E-state index contributed by atoms with van der Waals surface area (Å²) in [7, 11) is 0. The molecule has 3 heteroatoms. The highest BCUT2D eigenvalue weighted by Gasteiger charge is 2.42. The van der Waals surface area contributed by atoms with Crippen molar-refractivity contribution >= 4 is 16.3 Å². The maximum Gasteiger partial charge on any atom is 0.134 e. The van der Waals surface area contributed by atoms with Gasteiger partial charge in [0.05, 0.1) is 5.69 Å². The second-order valence-electron chi connectivity index (χ2n) is 10.7. The lowest BCUT2D eigenvalue weighted by Crippen LogP contribution is -2.30. The number of nitrogens with zero attached hydrogens (tertiary/aromatic N) is 1. The monoisotopic (exact) mass is 467 g/mol. The Morgan fingerprint density at radius 3 is 2.32 bits per heavy atom.